The quantitative estimate of drug-likeness (QED) is 0.185. The van der Waals surface area contributed by atoms with Crippen molar-refractivity contribution in [2.45, 2.75) is 0 Å². The molecule has 0 aliphatic carbocycles. The summed E-state index contributed by atoms with van der Waals surface area (Å²) in [5.41, 5.74) is 12.1. The summed E-state index contributed by atoms with van der Waals surface area (Å²) in [5, 5.41) is 4.72. The van der Waals surface area contributed by atoms with Gasteiger partial charge >= 0.3 is 0 Å². The van der Waals surface area contributed by atoms with Gasteiger partial charge in [-0.05, 0) is 80.6 Å². The molecule has 0 atom stereocenters. The number of hydrogen-bond acceptors (Lipinski definition) is 2. The molecule has 0 aliphatic rings. The lowest BCUT2D eigenvalue weighted by Gasteiger charge is -2.26. The zero-order valence-electron chi connectivity index (χ0n) is 26.3. The van der Waals surface area contributed by atoms with Gasteiger partial charge in [0.05, 0.1) is 5.69 Å². The van der Waals surface area contributed by atoms with E-state index in [0.29, 0.717) is 0 Å². The average Bonchev–Trinajstić information content (AvgIpc) is 3.55. The average molecular weight is 614 g/mol. The maximum atomic E-state index is 6.55. The predicted octanol–water partition coefficient (Wildman–Crippen LogP) is 13.2. The van der Waals surface area contributed by atoms with E-state index in [2.05, 4.69) is 181 Å². The van der Waals surface area contributed by atoms with Crippen molar-refractivity contribution in [3.63, 3.8) is 0 Å². The second-order valence-electron chi connectivity index (χ2n) is 12.1. The Morgan fingerprint density at radius 1 is 0.312 bits per heavy atom. The monoisotopic (exact) mass is 613 g/mol. The van der Waals surface area contributed by atoms with E-state index in [1.807, 2.05) is 12.1 Å². The summed E-state index contributed by atoms with van der Waals surface area (Å²) in [4.78, 5) is 2.31. The number of para-hydroxylation sites is 2. The second kappa shape index (κ2) is 11.8. The Hall–Kier alpha value is -6.38. The highest BCUT2D eigenvalue weighted by Gasteiger charge is 2.20. The highest BCUT2D eigenvalue weighted by Crippen LogP contribution is 2.43. The minimum atomic E-state index is 0.873. The molecule has 1 heterocycles. The zero-order chi connectivity index (χ0) is 31.9. The Labute approximate surface area is 279 Å². The van der Waals surface area contributed by atoms with Gasteiger partial charge in [-0.15, -0.1) is 0 Å². The van der Waals surface area contributed by atoms with Gasteiger partial charge in [-0.1, -0.05) is 152 Å². The molecule has 0 N–H and O–H groups in total. The molecule has 8 aromatic carbocycles. The number of furan rings is 1. The van der Waals surface area contributed by atoms with Gasteiger partial charge in [0.1, 0.15) is 5.58 Å². The van der Waals surface area contributed by atoms with E-state index in [4.69, 9.17) is 4.42 Å². The fraction of sp³-hybridized carbons (Fsp3) is 0. The third kappa shape index (κ3) is 4.83. The first-order chi connectivity index (χ1) is 23.8. The van der Waals surface area contributed by atoms with Crippen molar-refractivity contribution in [3.8, 4) is 33.4 Å². The Kier molecular flexibility index (Phi) is 6.84. The highest BCUT2D eigenvalue weighted by molar-refractivity contribution is 6.10. The first-order valence-electron chi connectivity index (χ1n) is 16.4. The second-order valence-corrected chi connectivity index (χ2v) is 12.1. The molecule has 0 bridgehead atoms. The van der Waals surface area contributed by atoms with Crippen LogP contribution in [-0.4, -0.2) is 0 Å². The molecule has 0 amide bonds. The fourth-order valence-electron chi connectivity index (χ4n) is 6.99. The fourth-order valence-corrected chi connectivity index (χ4v) is 6.99. The van der Waals surface area contributed by atoms with Gasteiger partial charge in [-0.3, -0.25) is 0 Å². The van der Waals surface area contributed by atoms with Crippen LogP contribution in [0.15, 0.2) is 192 Å². The summed E-state index contributed by atoms with van der Waals surface area (Å²) in [7, 11) is 0. The van der Waals surface area contributed by atoms with E-state index >= 15 is 0 Å². The molecule has 0 unspecified atom stereocenters. The largest absolute Gasteiger partial charge is 0.454 e. The van der Waals surface area contributed by atoms with Crippen LogP contribution < -0.4 is 4.90 Å². The van der Waals surface area contributed by atoms with Crippen molar-refractivity contribution in [1.82, 2.24) is 0 Å². The summed E-state index contributed by atoms with van der Waals surface area (Å²) in [6.45, 7) is 0. The lowest BCUT2D eigenvalue weighted by molar-refractivity contribution is 0.669. The van der Waals surface area contributed by atoms with Crippen molar-refractivity contribution in [2.75, 3.05) is 4.90 Å². The minimum absolute atomic E-state index is 0.873. The molecule has 0 fully saturated rings. The van der Waals surface area contributed by atoms with Gasteiger partial charge in [0.25, 0.3) is 0 Å². The summed E-state index contributed by atoms with van der Waals surface area (Å²) in [6.07, 6.45) is 0. The zero-order valence-corrected chi connectivity index (χ0v) is 26.3. The molecule has 0 saturated carbocycles. The summed E-state index contributed by atoms with van der Waals surface area (Å²) < 4.78 is 6.55. The number of hydrogen-bond donors (Lipinski definition) is 0. The van der Waals surface area contributed by atoms with Crippen LogP contribution >= 0.6 is 0 Å². The van der Waals surface area contributed by atoms with E-state index in [0.717, 1.165) is 39.0 Å². The predicted molar refractivity (Wildman–Crippen MR) is 202 cm³/mol. The van der Waals surface area contributed by atoms with Gasteiger partial charge in [-0.25, -0.2) is 0 Å². The van der Waals surface area contributed by atoms with E-state index in [-0.39, 0.29) is 0 Å². The lowest BCUT2D eigenvalue weighted by Crippen LogP contribution is -2.10. The smallest absolute Gasteiger partial charge is 0.159 e. The number of anilines is 3. The van der Waals surface area contributed by atoms with E-state index in [9.17, 15) is 0 Å². The number of nitrogens with zero attached hydrogens (tertiary/aromatic N) is 1. The molecule has 9 aromatic rings. The number of fused-ring (bicyclic) bond motifs is 4. The van der Waals surface area contributed by atoms with Crippen LogP contribution in [0.2, 0.25) is 0 Å². The summed E-state index contributed by atoms with van der Waals surface area (Å²) in [6, 6.07) is 66.8. The molecule has 9 rings (SSSR count). The van der Waals surface area contributed by atoms with Gasteiger partial charge in [0, 0.05) is 22.1 Å². The van der Waals surface area contributed by atoms with Crippen molar-refractivity contribution in [2.24, 2.45) is 0 Å². The highest BCUT2D eigenvalue weighted by atomic mass is 16.3. The van der Waals surface area contributed by atoms with Gasteiger partial charge in [0.2, 0.25) is 0 Å². The molecule has 0 saturated heterocycles. The van der Waals surface area contributed by atoms with Crippen molar-refractivity contribution in [3.05, 3.63) is 188 Å². The van der Waals surface area contributed by atoms with Gasteiger partial charge < -0.3 is 9.32 Å². The Bertz CT molecular complexity index is 2530. The first kappa shape index (κ1) is 27.9. The van der Waals surface area contributed by atoms with Gasteiger partial charge in [-0.2, -0.15) is 0 Å². The van der Waals surface area contributed by atoms with Crippen LogP contribution in [0.1, 0.15) is 0 Å². The van der Waals surface area contributed by atoms with Crippen LogP contribution in [0.5, 0.6) is 0 Å². The van der Waals surface area contributed by atoms with E-state index < -0.39 is 0 Å². The minimum Gasteiger partial charge on any atom is -0.454 e. The molecule has 48 heavy (non-hydrogen) atoms. The molecular weight excluding hydrogens is 583 g/mol. The molecule has 2 nitrogen and oxygen atoms in total. The van der Waals surface area contributed by atoms with Crippen molar-refractivity contribution >= 4 is 49.8 Å². The molecule has 0 spiro atoms. The van der Waals surface area contributed by atoms with E-state index in [1.165, 1.54) is 44.2 Å². The normalized spacial score (nSPS) is 11.3. The molecule has 0 aliphatic heterocycles. The molecular formula is C46H31NO. The standard InChI is InChI=1S/C46H31NO/c1-3-12-32(13-4-1)33-24-28-36(29-25-33)47(44-22-11-21-43-42-16-7-8-23-45(42)48-46(43)44)37-30-26-35(27-31-37)39-18-10-19-40-38(17-9-20-41(39)40)34-14-5-2-6-15-34/h1-31H. The van der Waals surface area contributed by atoms with Crippen molar-refractivity contribution < 1.29 is 4.42 Å². The number of rotatable bonds is 6. The van der Waals surface area contributed by atoms with E-state index in [1.54, 1.807) is 0 Å². The SMILES string of the molecule is c1ccc(-c2ccc(N(c3ccc(-c4cccc5c(-c6ccccc6)cccc45)cc3)c3cccc4c3oc3ccccc34)cc2)cc1. The molecule has 2 heteroatoms. The first-order valence-corrected chi connectivity index (χ1v) is 16.4. The van der Waals surface area contributed by atoms with Crippen LogP contribution in [-0.2, 0) is 0 Å². The maximum absolute atomic E-state index is 6.55. The third-order valence-electron chi connectivity index (χ3n) is 9.30. The molecule has 0 radical (unpaired) electrons. The topological polar surface area (TPSA) is 16.4 Å². The third-order valence-corrected chi connectivity index (χ3v) is 9.30. The molecule has 1 aromatic heterocycles. The van der Waals surface area contributed by atoms with Crippen LogP contribution in [0.25, 0.3) is 66.1 Å². The summed E-state index contributed by atoms with van der Waals surface area (Å²) >= 11 is 0. The van der Waals surface area contributed by atoms with Crippen molar-refractivity contribution in [1.29, 1.82) is 0 Å². The Morgan fingerprint density at radius 2 is 0.771 bits per heavy atom. The Morgan fingerprint density at radius 3 is 1.42 bits per heavy atom. The Balaban J connectivity index is 1.17. The maximum Gasteiger partial charge on any atom is 0.159 e. The van der Waals surface area contributed by atoms with Gasteiger partial charge in [0.15, 0.2) is 5.58 Å². The molecule has 226 valence electrons. The van der Waals surface area contributed by atoms with Crippen LogP contribution in [0.4, 0.5) is 17.1 Å². The summed E-state index contributed by atoms with van der Waals surface area (Å²) in [5.74, 6) is 0. The number of benzene rings is 8. The lowest BCUT2D eigenvalue weighted by atomic mass is 9.93. The van der Waals surface area contributed by atoms with Crippen LogP contribution in [0.3, 0.4) is 0 Å². The van der Waals surface area contributed by atoms with Crippen LogP contribution in [0, 0.1) is 0 Å².